The van der Waals surface area contributed by atoms with Gasteiger partial charge in [-0.15, -0.1) is 0 Å². The van der Waals surface area contributed by atoms with Gasteiger partial charge in [-0.3, -0.25) is 9.59 Å². The quantitative estimate of drug-likeness (QED) is 0.407. The molecule has 2 aromatic rings. The van der Waals surface area contributed by atoms with E-state index >= 15 is 0 Å². The lowest BCUT2D eigenvalue weighted by Gasteiger charge is -2.06. The van der Waals surface area contributed by atoms with Gasteiger partial charge in [-0.25, -0.2) is 10.9 Å². The minimum Gasteiger partial charge on any atom is -0.497 e. The summed E-state index contributed by atoms with van der Waals surface area (Å²) in [6, 6.07) is 14.6. The largest absolute Gasteiger partial charge is 0.497 e. The van der Waals surface area contributed by atoms with Crippen molar-refractivity contribution in [2.75, 3.05) is 14.2 Å². The molecule has 2 aromatic carbocycles. The number of methoxy groups -OCH3 is 2. The highest BCUT2D eigenvalue weighted by atomic mass is 16.5. The maximum atomic E-state index is 11.9. The molecule has 0 radical (unpaired) electrons. The van der Waals surface area contributed by atoms with Gasteiger partial charge in [-0.1, -0.05) is 24.3 Å². The van der Waals surface area contributed by atoms with Crippen LogP contribution in [0.4, 0.5) is 0 Å². The van der Waals surface area contributed by atoms with Crippen LogP contribution in [0.3, 0.4) is 0 Å². The van der Waals surface area contributed by atoms with E-state index in [4.69, 9.17) is 9.47 Å². The van der Waals surface area contributed by atoms with Crippen molar-refractivity contribution < 1.29 is 19.1 Å². The molecule has 8 heteroatoms. The molecule has 0 spiro atoms. The highest BCUT2D eigenvalue weighted by Crippen LogP contribution is 2.14. The van der Waals surface area contributed by atoms with Crippen LogP contribution in [0.15, 0.2) is 58.7 Å². The zero-order valence-corrected chi connectivity index (χ0v) is 16.9. The van der Waals surface area contributed by atoms with E-state index in [1.807, 2.05) is 36.4 Å². The number of carbonyl (C=O) groups is 2. The van der Waals surface area contributed by atoms with E-state index in [2.05, 4.69) is 21.1 Å². The summed E-state index contributed by atoms with van der Waals surface area (Å²) < 4.78 is 10.3. The lowest BCUT2D eigenvalue weighted by Crippen LogP contribution is -2.28. The normalized spacial score (nSPS) is 11.6. The van der Waals surface area contributed by atoms with Crippen molar-refractivity contribution in [2.45, 2.75) is 20.3 Å². The molecule has 0 aliphatic carbocycles. The Hall–Kier alpha value is -3.68. The summed E-state index contributed by atoms with van der Waals surface area (Å²) in [5.74, 6) is 0.289. The zero-order chi connectivity index (χ0) is 21.2. The van der Waals surface area contributed by atoms with E-state index in [1.54, 1.807) is 40.2 Å². The van der Waals surface area contributed by atoms with Gasteiger partial charge in [0.25, 0.3) is 0 Å². The second kappa shape index (κ2) is 10.6. The van der Waals surface area contributed by atoms with Gasteiger partial charge in [-0.2, -0.15) is 10.2 Å². The van der Waals surface area contributed by atoms with Crippen molar-refractivity contribution in [3.05, 3.63) is 59.7 Å². The van der Waals surface area contributed by atoms with E-state index in [0.29, 0.717) is 22.9 Å². The third kappa shape index (κ3) is 6.76. The minimum absolute atomic E-state index is 0.399. The molecule has 0 fully saturated rings. The topological polar surface area (TPSA) is 101 Å². The molecule has 2 N–H and O–H groups in total. The summed E-state index contributed by atoms with van der Waals surface area (Å²) in [7, 11) is 3.15. The Morgan fingerprint density at radius 3 is 1.59 bits per heavy atom. The molecule has 8 nitrogen and oxygen atoms in total. The number of hydrogen-bond donors (Lipinski definition) is 2. The molecule has 0 aromatic heterocycles. The van der Waals surface area contributed by atoms with Crippen LogP contribution in [0.25, 0.3) is 0 Å². The van der Waals surface area contributed by atoms with Crippen LogP contribution in [-0.4, -0.2) is 37.5 Å². The van der Waals surface area contributed by atoms with Crippen LogP contribution in [0.5, 0.6) is 11.5 Å². The number of nitrogens with one attached hydrogen (secondary N) is 2. The number of benzene rings is 2. The van der Waals surface area contributed by atoms with E-state index < -0.39 is 18.2 Å². The first-order chi connectivity index (χ1) is 13.9. The monoisotopic (exact) mass is 396 g/mol. The van der Waals surface area contributed by atoms with Crippen LogP contribution in [0.2, 0.25) is 0 Å². The molecule has 0 aliphatic rings. The average Bonchev–Trinajstić information content (AvgIpc) is 2.75. The van der Waals surface area contributed by atoms with Crippen molar-refractivity contribution in [1.82, 2.24) is 10.9 Å². The lowest BCUT2D eigenvalue weighted by molar-refractivity contribution is -0.129. The SMILES string of the molecule is COc1cccc(/C(C)=N/NC(=O)CC(=O)N/N=C(\C)c2cccc(OC)c2)c1. The molecule has 0 saturated heterocycles. The third-order valence-electron chi connectivity index (χ3n) is 3.99. The predicted octanol–water partition coefficient (Wildman–Crippen LogP) is 2.47. The average molecular weight is 396 g/mol. The maximum Gasteiger partial charge on any atom is 0.249 e. The summed E-state index contributed by atoms with van der Waals surface area (Å²) in [4.78, 5) is 23.9. The number of amides is 2. The Kier molecular flexibility index (Phi) is 7.90. The third-order valence-corrected chi connectivity index (χ3v) is 3.99. The molecule has 29 heavy (non-hydrogen) atoms. The number of hydrazone groups is 2. The first kappa shape index (κ1) is 21.6. The Morgan fingerprint density at radius 2 is 1.21 bits per heavy atom. The smallest absolute Gasteiger partial charge is 0.249 e. The molecule has 0 heterocycles. The summed E-state index contributed by atoms with van der Waals surface area (Å²) >= 11 is 0. The summed E-state index contributed by atoms with van der Waals surface area (Å²) in [5, 5.41) is 8.03. The Morgan fingerprint density at radius 1 is 0.793 bits per heavy atom. The number of carbonyl (C=O) groups excluding carboxylic acids is 2. The number of hydrogen-bond acceptors (Lipinski definition) is 6. The van der Waals surface area contributed by atoms with Gasteiger partial charge < -0.3 is 9.47 Å². The Balaban J connectivity index is 1.88. The van der Waals surface area contributed by atoms with Gasteiger partial charge in [-0.05, 0) is 38.1 Å². The van der Waals surface area contributed by atoms with E-state index in [0.717, 1.165) is 11.1 Å². The van der Waals surface area contributed by atoms with Gasteiger partial charge in [0.05, 0.1) is 25.6 Å². The van der Waals surface area contributed by atoms with Crippen LogP contribution < -0.4 is 20.3 Å². The van der Waals surface area contributed by atoms with Gasteiger partial charge in [0.2, 0.25) is 11.8 Å². The van der Waals surface area contributed by atoms with E-state index in [1.165, 1.54) is 0 Å². The first-order valence-electron chi connectivity index (χ1n) is 8.88. The Labute approximate surface area is 169 Å². The van der Waals surface area contributed by atoms with E-state index in [9.17, 15) is 9.59 Å². The zero-order valence-electron chi connectivity index (χ0n) is 16.9. The van der Waals surface area contributed by atoms with Gasteiger partial charge >= 0.3 is 0 Å². The number of nitrogens with zero attached hydrogens (tertiary/aromatic N) is 2. The molecule has 2 amide bonds. The number of rotatable bonds is 8. The van der Waals surface area contributed by atoms with Crippen LogP contribution in [0.1, 0.15) is 31.4 Å². The molecule has 0 unspecified atom stereocenters. The summed E-state index contributed by atoms with van der Waals surface area (Å²) in [6.07, 6.45) is -0.399. The fourth-order valence-corrected chi connectivity index (χ4v) is 2.34. The van der Waals surface area contributed by atoms with Crippen LogP contribution in [-0.2, 0) is 9.59 Å². The fraction of sp³-hybridized carbons (Fsp3) is 0.238. The Bertz CT molecular complexity index is 862. The molecule has 0 atom stereocenters. The highest BCUT2D eigenvalue weighted by Gasteiger charge is 2.09. The highest BCUT2D eigenvalue weighted by molar-refractivity contribution is 6.02. The fourth-order valence-electron chi connectivity index (χ4n) is 2.34. The van der Waals surface area contributed by atoms with Crippen molar-refractivity contribution in [3.63, 3.8) is 0 Å². The standard InChI is InChI=1S/C21H24N4O4/c1-14(16-7-5-9-18(11-16)28-3)22-24-20(26)13-21(27)25-23-15(2)17-8-6-10-19(12-17)29-4/h5-12H,13H2,1-4H3,(H,24,26)(H,25,27)/b22-14+,23-15+. The second-order valence-corrected chi connectivity index (χ2v) is 6.11. The molecule has 2 rings (SSSR count). The predicted molar refractivity (Wildman–Crippen MR) is 111 cm³/mol. The van der Waals surface area contributed by atoms with Crippen molar-refractivity contribution in [1.29, 1.82) is 0 Å². The molecule has 0 aliphatic heterocycles. The second-order valence-electron chi connectivity index (χ2n) is 6.11. The first-order valence-corrected chi connectivity index (χ1v) is 8.88. The van der Waals surface area contributed by atoms with Gasteiger partial charge in [0, 0.05) is 11.1 Å². The van der Waals surface area contributed by atoms with Crippen LogP contribution in [0, 0.1) is 0 Å². The minimum atomic E-state index is -0.543. The lowest BCUT2D eigenvalue weighted by atomic mass is 10.1. The molecular formula is C21H24N4O4. The van der Waals surface area contributed by atoms with Gasteiger partial charge in [0.1, 0.15) is 17.9 Å². The van der Waals surface area contributed by atoms with Crippen molar-refractivity contribution in [2.24, 2.45) is 10.2 Å². The molecule has 0 saturated carbocycles. The van der Waals surface area contributed by atoms with Crippen molar-refractivity contribution >= 4 is 23.2 Å². The molecule has 0 bridgehead atoms. The molecular weight excluding hydrogens is 372 g/mol. The summed E-state index contributed by atoms with van der Waals surface area (Å²) in [5.41, 5.74) is 7.50. The van der Waals surface area contributed by atoms with Crippen LogP contribution >= 0.6 is 0 Å². The molecule has 152 valence electrons. The maximum absolute atomic E-state index is 11.9. The summed E-state index contributed by atoms with van der Waals surface area (Å²) in [6.45, 7) is 3.49. The van der Waals surface area contributed by atoms with E-state index in [-0.39, 0.29) is 0 Å². The van der Waals surface area contributed by atoms with Gasteiger partial charge in [0.15, 0.2) is 0 Å². The van der Waals surface area contributed by atoms with Crippen molar-refractivity contribution in [3.8, 4) is 11.5 Å². The number of ether oxygens (including phenoxy) is 2.